The minimum atomic E-state index is -1.47. The van der Waals surface area contributed by atoms with Crippen LogP contribution in [-0.4, -0.2) is 87.6 Å². The molecule has 10 nitrogen and oxygen atoms in total. The van der Waals surface area contributed by atoms with Gasteiger partial charge in [-0.15, -0.1) is 0 Å². The molecule has 4 aliphatic heterocycles. The van der Waals surface area contributed by atoms with Gasteiger partial charge in [-0.1, -0.05) is 89.3 Å². The largest absolute Gasteiger partial charge is 0.455 e. The van der Waals surface area contributed by atoms with Gasteiger partial charge in [0.15, 0.2) is 0 Å². The minimum absolute atomic E-state index is 0.0746. The van der Waals surface area contributed by atoms with Crippen molar-refractivity contribution in [1.29, 1.82) is 0 Å². The van der Waals surface area contributed by atoms with Crippen LogP contribution in [0.25, 0.3) is 0 Å². The lowest BCUT2D eigenvalue weighted by Gasteiger charge is -2.45. The van der Waals surface area contributed by atoms with E-state index in [-0.39, 0.29) is 42.7 Å². The molecule has 0 saturated carbocycles. The molecule has 2 saturated heterocycles. The molecule has 0 aromatic heterocycles. The Balaban J connectivity index is 1.63. The van der Waals surface area contributed by atoms with Gasteiger partial charge < -0.3 is 29.7 Å². The van der Waals surface area contributed by atoms with Crippen molar-refractivity contribution >= 4 is 23.7 Å². The molecule has 0 unspecified atom stereocenters. The number of cyclic esters (lactones) is 1. The van der Waals surface area contributed by atoms with Gasteiger partial charge in [0, 0.05) is 18.5 Å². The molecule has 10 heteroatoms. The van der Waals surface area contributed by atoms with Crippen LogP contribution in [0.15, 0.2) is 54.6 Å². The van der Waals surface area contributed by atoms with Crippen molar-refractivity contribution in [2.45, 2.75) is 103 Å². The monoisotopic (exact) mass is 649 g/mol. The fraction of sp³-hybridized carbons (Fsp3) is 0.622. The van der Waals surface area contributed by atoms with Crippen LogP contribution >= 0.6 is 0 Å². The molecule has 2 N–H and O–H groups in total. The highest BCUT2D eigenvalue weighted by molar-refractivity contribution is 5.99. The Morgan fingerprint density at radius 1 is 1.02 bits per heavy atom. The number of carbonyl (C=O) groups is 4. The second kappa shape index (κ2) is 13.2. The fourth-order valence-corrected chi connectivity index (χ4v) is 8.26. The number of carbonyl (C=O) groups excluding carboxylic acids is 4. The molecule has 4 aliphatic rings. The van der Waals surface area contributed by atoms with Gasteiger partial charge in [-0.05, 0) is 43.6 Å². The van der Waals surface area contributed by atoms with Crippen molar-refractivity contribution in [3.63, 3.8) is 0 Å². The van der Waals surface area contributed by atoms with Crippen LogP contribution < -0.4 is 5.32 Å². The van der Waals surface area contributed by atoms with E-state index in [2.05, 4.69) is 26.1 Å². The van der Waals surface area contributed by atoms with Gasteiger partial charge in [-0.3, -0.25) is 19.2 Å². The van der Waals surface area contributed by atoms with Crippen LogP contribution in [0, 0.1) is 23.2 Å². The summed E-state index contributed by atoms with van der Waals surface area (Å²) >= 11 is 0. The number of rotatable bonds is 6. The van der Waals surface area contributed by atoms with Crippen molar-refractivity contribution in [2.75, 3.05) is 19.7 Å². The average molecular weight is 650 g/mol. The van der Waals surface area contributed by atoms with Crippen LogP contribution in [0.1, 0.15) is 79.4 Å². The molecule has 1 aromatic carbocycles. The molecule has 256 valence electrons. The van der Waals surface area contributed by atoms with E-state index in [1.807, 2.05) is 75.1 Å². The SMILES string of the molecule is CC(C)[C@H](CO)N1C(=O)[C@H]2[C@@H]3C(=O)O[C@@H](c4ccccc4)CNC(=O)CC/C=C\[C@@H]3O[C@]23C=CCN(C(C)(C)CC(C)(C)C)C(=O)[C@H]13. The van der Waals surface area contributed by atoms with Crippen LogP contribution in [0.2, 0.25) is 0 Å². The Hall–Kier alpha value is -3.50. The van der Waals surface area contributed by atoms with Gasteiger partial charge in [0.1, 0.15) is 23.7 Å². The molecule has 5 rings (SSSR count). The highest BCUT2D eigenvalue weighted by Gasteiger charge is 2.73. The first kappa shape index (κ1) is 34.8. The molecule has 47 heavy (non-hydrogen) atoms. The molecule has 1 spiro atoms. The average Bonchev–Trinajstić information content (AvgIpc) is 3.36. The van der Waals surface area contributed by atoms with E-state index < -0.39 is 59.1 Å². The number of nitrogens with one attached hydrogen (secondary N) is 1. The third kappa shape index (κ3) is 6.64. The van der Waals surface area contributed by atoms with Crippen LogP contribution in [0.4, 0.5) is 0 Å². The highest BCUT2D eigenvalue weighted by Crippen LogP contribution is 2.54. The summed E-state index contributed by atoms with van der Waals surface area (Å²) in [5, 5.41) is 13.5. The summed E-state index contributed by atoms with van der Waals surface area (Å²) in [4.78, 5) is 60.0. The van der Waals surface area contributed by atoms with Gasteiger partial charge in [0.2, 0.25) is 17.7 Å². The molecule has 0 aliphatic carbocycles. The van der Waals surface area contributed by atoms with E-state index in [4.69, 9.17) is 9.47 Å². The number of hydrogen-bond donors (Lipinski definition) is 2. The number of fused-ring (bicyclic) bond motifs is 2. The Morgan fingerprint density at radius 3 is 2.36 bits per heavy atom. The fourth-order valence-electron chi connectivity index (χ4n) is 8.26. The Labute approximate surface area is 278 Å². The molecule has 4 heterocycles. The molecule has 0 bridgehead atoms. The predicted octanol–water partition coefficient (Wildman–Crippen LogP) is 3.95. The summed E-state index contributed by atoms with van der Waals surface area (Å²) in [7, 11) is 0. The van der Waals surface area contributed by atoms with Crippen molar-refractivity contribution < 1.29 is 33.8 Å². The summed E-state index contributed by atoms with van der Waals surface area (Å²) in [6.45, 7) is 14.3. The van der Waals surface area contributed by atoms with E-state index >= 15 is 0 Å². The van der Waals surface area contributed by atoms with Gasteiger partial charge in [0.25, 0.3) is 0 Å². The molecule has 1 aromatic rings. The Bertz CT molecular complexity index is 1410. The van der Waals surface area contributed by atoms with E-state index in [1.165, 1.54) is 4.90 Å². The topological polar surface area (TPSA) is 125 Å². The molecule has 0 radical (unpaired) electrons. The quantitative estimate of drug-likeness (QED) is 0.353. The smallest absolute Gasteiger partial charge is 0.313 e. The zero-order valence-corrected chi connectivity index (χ0v) is 28.8. The van der Waals surface area contributed by atoms with Crippen molar-refractivity contribution in [1.82, 2.24) is 15.1 Å². The number of nitrogens with zero attached hydrogens (tertiary/aromatic N) is 2. The Morgan fingerprint density at radius 2 is 1.72 bits per heavy atom. The number of allylic oxidation sites excluding steroid dienone is 1. The number of aliphatic hydroxyl groups is 1. The number of hydrogen-bond acceptors (Lipinski definition) is 7. The lowest BCUT2D eigenvalue weighted by molar-refractivity contribution is -0.161. The molecular formula is C37H51N3O7. The summed E-state index contributed by atoms with van der Waals surface area (Å²) in [5.74, 6) is -3.80. The molecule has 3 amide bonds. The van der Waals surface area contributed by atoms with E-state index in [0.717, 1.165) is 0 Å². The van der Waals surface area contributed by atoms with Crippen molar-refractivity contribution in [3.8, 4) is 0 Å². The lowest BCUT2D eigenvalue weighted by Crippen LogP contribution is -2.62. The summed E-state index contributed by atoms with van der Waals surface area (Å²) in [5.41, 5.74) is -1.42. The van der Waals surface area contributed by atoms with Gasteiger partial charge in [0.05, 0.1) is 31.2 Å². The van der Waals surface area contributed by atoms with E-state index in [9.17, 15) is 24.3 Å². The van der Waals surface area contributed by atoms with Crippen LogP contribution in [0.3, 0.4) is 0 Å². The predicted molar refractivity (Wildman–Crippen MR) is 177 cm³/mol. The normalized spacial score (nSPS) is 31.6. The third-order valence-corrected chi connectivity index (χ3v) is 9.99. The number of amides is 3. The molecule has 2 fully saturated rings. The summed E-state index contributed by atoms with van der Waals surface area (Å²) in [6, 6.07) is 7.40. The number of benzene rings is 1. The number of esters is 1. The Kier molecular flexibility index (Phi) is 9.77. The van der Waals surface area contributed by atoms with Crippen molar-refractivity contribution in [2.24, 2.45) is 23.2 Å². The number of likely N-dealkylation sites (tertiary alicyclic amines) is 1. The van der Waals surface area contributed by atoms with Crippen LogP contribution in [-0.2, 0) is 28.7 Å². The highest BCUT2D eigenvalue weighted by atomic mass is 16.6. The number of aliphatic hydroxyl groups excluding tert-OH is 1. The molecular weight excluding hydrogens is 598 g/mol. The van der Waals surface area contributed by atoms with Gasteiger partial charge >= 0.3 is 5.97 Å². The zero-order chi connectivity index (χ0) is 34.3. The molecule has 7 atom stereocenters. The maximum atomic E-state index is 14.9. The lowest BCUT2D eigenvalue weighted by atomic mass is 9.77. The summed E-state index contributed by atoms with van der Waals surface area (Å²) < 4.78 is 13.0. The van der Waals surface area contributed by atoms with Gasteiger partial charge in [-0.2, -0.15) is 0 Å². The first-order chi connectivity index (χ1) is 22.1. The minimum Gasteiger partial charge on any atom is -0.455 e. The second-order valence-electron chi connectivity index (χ2n) is 15.6. The van der Waals surface area contributed by atoms with E-state index in [1.54, 1.807) is 12.2 Å². The standard InChI is InChI=1S/C37H51N3O7/c1-23(2)25(21-41)40-31-33(44)39(36(6,7)22-35(3,4)5)19-13-18-37(31)30(32(40)43)29-26(47-37)16-11-12-17-28(42)38-20-27(46-34(29)45)24-14-9-8-10-15-24/h8-11,13-16,18,23,25-27,29-31,41H,12,17,19-22H2,1-7H3,(H,38,42)/b16-11-/t25-,26-,27+,29+,30+,31-,37+/m0/s1. The second-order valence-corrected chi connectivity index (χ2v) is 15.6. The summed E-state index contributed by atoms with van der Waals surface area (Å²) in [6.07, 6.45) is 6.90. The maximum Gasteiger partial charge on any atom is 0.313 e. The van der Waals surface area contributed by atoms with Crippen LogP contribution in [0.5, 0.6) is 0 Å². The third-order valence-electron chi connectivity index (χ3n) is 9.99. The maximum absolute atomic E-state index is 14.9. The first-order valence-electron chi connectivity index (χ1n) is 16.9. The van der Waals surface area contributed by atoms with Gasteiger partial charge in [-0.25, -0.2) is 0 Å². The number of ether oxygens (including phenoxy) is 2. The van der Waals surface area contributed by atoms with Crippen molar-refractivity contribution in [3.05, 3.63) is 60.2 Å². The zero-order valence-electron chi connectivity index (χ0n) is 28.8. The first-order valence-corrected chi connectivity index (χ1v) is 16.9. The van der Waals surface area contributed by atoms with E-state index in [0.29, 0.717) is 24.9 Å².